The molecule has 0 radical (unpaired) electrons. The zero-order valence-electron chi connectivity index (χ0n) is 16.1. The summed E-state index contributed by atoms with van der Waals surface area (Å²) in [5, 5.41) is 2.86. The first kappa shape index (κ1) is 21.0. The van der Waals surface area contributed by atoms with Gasteiger partial charge in [-0.05, 0) is 37.5 Å². The molecule has 2 amide bonds. The fraction of sp³-hybridized carbons (Fsp3) is 0.364. The normalized spacial score (nSPS) is 11.6. The van der Waals surface area contributed by atoms with E-state index in [0.29, 0.717) is 25.3 Å². The Balaban J connectivity index is 2.08. The van der Waals surface area contributed by atoms with Crippen molar-refractivity contribution >= 4 is 23.6 Å². The minimum Gasteiger partial charge on any atom is -0.355 e. The van der Waals surface area contributed by atoms with Gasteiger partial charge in [-0.25, -0.2) is 0 Å². The molecule has 2 rings (SSSR count). The van der Waals surface area contributed by atoms with Crippen LogP contribution in [0.2, 0.25) is 0 Å². The van der Waals surface area contributed by atoms with E-state index in [-0.39, 0.29) is 11.8 Å². The molecular formula is C22H28N2O2S. The van der Waals surface area contributed by atoms with Gasteiger partial charge in [0.2, 0.25) is 11.8 Å². The van der Waals surface area contributed by atoms with E-state index in [1.807, 2.05) is 62.4 Å². The molecule has 0 aromatic heterocycles. The van der Waals surface area contributed by atoms with Crippen LogP contribution >= 0.6 is 11.8 Å². The fourth-order valence-corrected chi connectivity index (χ4v) is 3.74. The van der Waals surface area contributed by atoms with Gasteiger partial charge in [0.1, 0.15) is 6.04 Å². The fourth-order valence-electron chi connectivity index (χ4n) is 2.93. The Morgan fingerprint density at radius 3 is 2.22 bits per heavy atom. The van der Waals surface area contributed by atoms with E-state index < -0.39 is 6.04 Å². The van der Waals surface area contributed by atoms with E-state index in [1.54, 1.807) is 4.90 Å². The van der Waals surface area contributed by atoms with E-state index in [0.717, 1.165) is 16.9 Å². The van der Waals surface area contributed by atoms with Gasteiger partial charge >= 0.3 is 0 Å². The average Bonchev–Trinajstić information content (AvgIpc) is 2.71. The van der Waals surface area contributed by atoms with Gasteiger partial charge in [0.25, 0.3) is 0 Å². The molecule has 2 aromatic rings. The smallest absolute Gasteiger partial charge is 0.242 e. The van der Waals surface area contributed by atoms with Crippen LogP contribution in [0, 0.1) is 0 Å². The molecule has 0 saturated carbocycles. The Bertz CT molecular complexity index is 707. The molecule has 27 heavy (non-hydrogen) atoms. The summed E-state index contributed by atoms with van der Waals surface area (Å²) >= 11 is 1.51. The zero-order valence-corrected chi connectivity index (χ0v) is 16.9. The molecule has 1 N–H and O–H groups in total. The van der Waals surface area contributed by atoms with Crippen LogP contribution in [0.3, 0.4) is 0 Å². The van der Waals surface area contributed by atoms with Crippen molar-refractivity contribution in [3.05, 3.63) is 66.2 Å². The van der Waals surface area contributed by atoms with Crippen LogP contribution in [0.15, 0.2) is 65.6 Å². The van der Waals surface area contributed by atoms with Crippen molar-refractivity contribution in [2.24, 2.45) is 0 Å². The highest BCUT2D eigenvalue weighted by atomic mass is 32.2. The molecule has 0 saturated heterocycles. The third kappa shape index (κ3) is 6.75. The summed E-state index contributed by atoms with van der Waals surface area (Å²) in [7, 11) is 0. The van der Waals surface area contributed by atoms with Gasteiger partial charge in [0.15, 0.2) is 0 Å². The summed E-state index contributed by atoms with van der Waals surface area (Å²) in [6, 6.07) is 19.5. The van der Waals surface area contributed by atoms with E-state index in [9.17, 15) is 9.59 Å². The maximum atomic E-state index is 13.0. The van der Waals surface area contributed by atoms with Crippen LogP contribution < -0.4 is 5.32 Å². The van der Waals surface area contributed by atoms with Crippen LogP contribution in [0.1, 0.15) is 25.8 Å². The molecule has 0 fully saturated rings. The molecule has 0 aliphatic heterocycles. The molecule has 0 spiro atoms. The van der Waals surface area contributed by atoms with Crippen LogP contribution in [0.4, 0.5) is 0 Å². The SMILES string of the molecule is CCNC(=O)[C@@H](CC)N(CCc1ccccc1)C(=O)CSc1ccccc1. The zero-order chi connectivity index (χ0) is 19.5. The molecule has 4 nitrogen and oxygen atoms in total. The van der Waals surface area contributed by atoms with Crippen molar-refractivity contribution in [3.63, 3.8) is 0 Å². The summed E-state index contributed by atoms with van der Waals surface area (Å²) in [5.41, 5.74) is 1.16. The van der Waals surface area contributed by atoms with Crippen molar-refractivity contribution in [2.45, 2.75) is 37.6 Å². The van der Waals surface area contributed by atoms with Gasteiger partial charge in [-0.15, -0.1) is 11.8 Å². The Labute approximate surface area is 166 Å². The number of nitrogens with zero attached hydrogens (tertiary/aromatic N) is 1. The predicted octanol–water partition coefficient (Wildman–Crippen LogP) is 3.76. The summed E-state index contributed by atoms with van der Waals surface area (Å²) < 4.78 is 0. The van der Waals surface area contributed by atoms with Crippen molar-refractivity contribution in [1.82, 2.24) is 10.2 Å². The van der Waals surface area contributed by atoms with E-state index in [4.69, 9.17) is 0 Å². The Kier molecular flexibility index (Phi) is 8.92. The molecule has 0 aliphatic rings. The predicted molar refractivity (Wildman–Crippen MR) is 112 cm³/mol. The van der Waals surface area contributed by atoms with Gasteiger partial charge in [-0.2, -0.15) is 0 Å². The molecule has 2 aromatic carbocycles. The molecule has 0 bridgehead atoms. The summed E-state index contributed by atoms with van der Waals surface area (Å²) in [4.78, 5) is 28.3. The highest BCUT2D eigenvalue weighted by Crippen LogP contribution is 2.19. The maximum Gasteiger partial charge on any atom is 0.242 e. The number of hydrogen-bond donors (Lipinski definition) is 1. The number of rotatable bonds is 10. The first-order chi connectivity index (χ1) is 13.2. The largest absolute Gasteiger partial charge is 0.355 e. The number of thioether (sulfide) groups is 1. The van der Waals surface area contributed by atoms with Crippen molar-refractivity contribution in [3.8, 4) is 0 Å². The standard InChI is InChI=1S/C22H28N2O2S/c1-3-20(22(26)23-4-2)24(16-15-18-11-7-5-8-12-18)21(25)17-27-19-13-9-6-10-14-19/h5-14,20H,3-4,15-17H2,1-2H3,(H,23,26)/t20-/m1/s1. The number of hydrogen-bond acceptors (Lipinski definition) is 3. The quantitative estimate of drug-likeness (QED) is 0.635. The van der Waals surface area contributed by atoms with Crippen LogP contribution in [0.5, 0.6) is 0 Å². The van der Waals surface area contributed by atoms with Gasteiger partial charge in [-0.3, -0.25) is 9.59 Å². The molecular weight excluding hydrogens is 356 g/mol. The van der Waals surface area contributed by atoms with E-state index in [2.05, 4.69) is 17.4 Å². The Morgan fingerprint density at radius 1 is 1.00 bits per heavy atom. The number of carbonyl (C=O) groups excluding carboxylic acids is 2. The third-order valence-corrected chi connectivity index (χ3v) is 5.32. The second-order valence-corrected chi connectivity index (χ2v) is 7.29. The summed E-state index contributed by atoms with van der Waals surface area (Å²) in [5.74, 6) is 0.248. The summed E-state index contributed by atoms with van der Waals surface area (Å²) in [6.45, 7) is 4.95. The lowest BCUT2D eigenvalue weighted by molar-refractivity contribution is -0.138. The molecule has 0 unspecified atom stereocenters. The van der Waals surface area contributed by atoms with Crippen molar-refractivity contribution < 1.29 is 9.59 Å². The monoisotopic (exact) mass is 384 g/mol. The lowest BCUT2D eigenvalue weighted by atomic mass is 10.1. The molecule has 1 atom stereocenters. The van der Waals surface area contributed by atoms with Crippen molar-refractivity contribution in [2.75, 3.05) is 18.8 Å². The number of likely N-dealkylation sites (N-methyl/N-ethyl adjacent to an activating group) is 1. The van der Waals surface area contributed by atoms with Gasteiger partial charge in [0.05, 0.1) is 5.75 Å². The van der Waals surface area contributed by atoms with Crippen LogP contribution in [-0.2, 0) is 16.0 Å². The second-order valence-electron chi connectivity index (χ2n) is 6.24. The topological polar surface area (TPSA) is 49.4 Å². The third-order valence-electron chi connectivity index (χ3n) is 4.33. The number of amides is 2. The number of nitrogens with one attached hydrogen (secondary N) is 1. The van der Waals surface area contributed by atoms with Gasteiger partial charge < -0.3 is 10.2 Å². The Hall–Kier alpha value is -2.27. The average molecular weight is 385 g/mol. The van der Waals surface area contributed by atoms with Gasteiger partial charge in [0, 0.05) is 18.0 Å². The maximum absolute atomic E-state index is 13.0. The molecule has 5 heteroatoms. The van der Waals surface area contributed by atoms with Crippen molar-refractivity contribution in [1.29, 1.82) is 0 Å². The highest BCUT2D eigenvalue weighted by molar-refractivity contribution is 8.00. The molecule has 0 aliphatic carbocycles. The second kappa shape index (κ2) is 11.4. The highest BCUT2D eigenvalue weighted by Gasteiger charge is 2.27. The van der Waals surface area contributed by atoms with E-state index in [1.165, 1.54) is 11.8 Å². The van der Waals surface area contributed by atoms with Crippen LogP contribution in [0.25, 0.3) is 0 Å². The molecule has 0 heterocycles. The summed E-state index contributed by atoms with van der Waals surface area (Å²) in [6.07, 6.45) is 1.33. The first-order valence-electron chi connectivity index (χ1n) is 9.44. The number of carbonyl (C=O) groups is 2. The minimum atomic E-state index is -0.433. The lowest BCUT2D eigenvalue weighted by Gasteiger charge is -2.30. The van der Waals surface area contributed by atoms with Crippen LogP contribution in [-0.4, -0.2) is 41.6 Å². The first-order valence-corrected chi connectivity index (χ1v) is 10.4. The van der Waals surface area contributed by atoms with Gasteiger partial charge in [-0.1, -0.05) is 55.5 Å². The van der Waals surface area contributed by atoms with E-state index >= 15 is 0 Å². The minimum absolute atomic E-state index is 0.00196. The lowest BCUT2D eigenvalue weighted by Crippen LogP contribution is -2.50. The molecule has 144 valence electrons. The number of benzene rings is 2. The Morgan fingerprint density at radius 2 is 1.63 bits per heavy atom.